The van der Waals surface area contributed by atoms with E-state index in [1.165, 1.54) is 6.33 Å². The molecule has 7 heteroatoms. The summed E-state index contributed by atoms with van der Waals surface area (Å²) >= 11 is 0. The predicted molar refractivity (Wildman–Crippen MR) is 78.0 cm³/mol. The van der Waals surface area contributed by atoms with Crippen molar-refractivity contribution in [2.75, 3.05) is 0 Å². The summed E-state index contributed by atoms with van der Waals surface area (Å²) in [5.74, 6) is -0.264. The van der Waals surface area contributed by atoms with Crippen molar-refractivity contribution >= 4 is 11.8 Å². The Morgan fingerprint density at radius 3 is 2.23 bits per heavy atom. The average Bonchev–Trinajstić information content (AvgIpc) is 2.99. The van der Waals surface area contributed by atoms with Crippen molar-refractivity contribution in [3.8, 4) is 5.75 Å². The van der Waals surface area contributed by atoms with E-state index in [1.54, 1.807) is 30.5 Å². The van der Waals surface area contributed by atoms with Crippen molar-refractivity contribution < 1.29 is 14.7 Å². The van der Waals surface area contributed by atoms with Crippen LogP contribution in [-0.4, -0.2) is 39.0 Å². The van der Waals surface area contributed by atoms with E-state index in [9.17, 15) is 14.7 Å². The van der Waals surface area contributed by atoms with Crippen LogP contribution in [0.1, 0.15) is 11.3 Å². The highest BCUT2D eigenvalue weighted by Gasteiger charge is 2.33. The van der Waals surface area contributed by atoms with Crippen molar-refractivity contribution in [2.24, 2.45) is 0 Å². The van der Waals surface area contributed by atoms with Gasteiger partial charge in [-0.15, -0.1) is 0 Å². The lowest BCUT2D eigenvalue weighted by atomic mass is 10.0. The molecule has 0 radical (unpaired) electrons. The minimum atomic E-state index is -0.605. The standard InChI is InChI=1S/C15H16N4O3/c20-11-3-1-9(2-4-11)5-12-14(21)19-13(15(22)18-12)6-10-7-16-8-17-10/h1-4,7-8,12-13,20H,5-6H2,(H,16,17)(H,18,22)(H,19,21). The van der Waals surface area contributed by atoms with Gasteiger partial charge >= 0.3 is 0 Å². The predicted octanol–water partition coefficient (Wildman–Crippen LogP) is -0.116. The number of phenols is 1. The van der Waals surface area contributed by atoms with Gasteiger partial charge < -0.3 is 20.7 Å². The van der Waals surface area contributed by atoms with E-state index in [4.69, 9.17) is 0 Å². The number of carbonyl (C=O) groups is 2. The molecule has 3 rings (SSSR count). The van der Waals surface area contributed by atoms with Crippen LogP contribution >= 0.6 is 0 Å². The molecule has 0 aliphatic carbocycles. The SMILES string of the molecule is O=C1NC(Cc2c[nH]cn2)C(=O)NC1Cc1ccc(O)cc1. The summed E-state index contributed by atoms with van der Waals surface area (Å²) in [6.45, 7) is 0. The lowest BCUT2D eigenvalue weighted by molar-refractivity contribution is -0.136. The van der Waals surface area contributed by atoms with Crippen molar-refractivity contribution in [1.82, 2.24) is 20.6 Å². The van der Waals surface area contributed by atoms with E-state index in [-0.39, 0.29) is 17.6 Å². The molecule has 0 bridgehead atoms. The summed E-state index contributed by atoms with van der Waals surface area (Å²) < 4.78 is 0. The smallest absolute Gasteiger partial charge is 0.243 e. The third kappa shape index (κ3) is 3.08. The molecule has 0 saturated carbocycles. The second-order valence-corrected chi connectivity index (χ2v) is 5.26. The molecule has 1 aliphatic heterocycles. The van der Waals surface area contributed by atoms with Crippen LogP contribution in [0.3, 0.4) is 0 Å². The molecule has 1 aromatic carbocycles. The normalized spacial score (nSPS) is 21.3. The lowest BCUT2D eigenvalue weighted by Crippen LogP contribution is -2.62. The zero-order valence-corrected chi connectivity index (χ0v) is 11.7. The number of imidazole rings is 1. The van der Waals surface area contributed by atoms with Gasteiger partial charge in [-0.25, -0.2) is 4.98 Å². The molecule has 2 atom stereocenters. The first-order valence-corrected chi connectivity index (χ1v) is 6.98. The minimum Gasteiger partial charge on any atom is -0.508 e. The van der Waals surface area contributed by atoms with Crippen LogP contribution in [0.4, 0.5) is 0 Å². The summed E-state index contributed by atoms with van der Waals surface area (Å²) in [6, 6.07) is 5.35. The van der Waals surface area contributed by atoms with Crippen LogP contribution in [0.15, 0.2) is 36.8 Å². The van der Waals surface area contributed by atoms with Crippen LogP contribution in [0, 0.1) is 0 Å². The summed E-state index contributed by atoms with van der Waals surface area (Å²) in [5, 5.41) is 14.7. The highest BCUT2D eigenvalue weighted by atomic mass is 16.3. The first-order chi connectivity index (χ1) is 10.6. The molecule has 1 aliphatic rings. The highest BCUT2D eigenvalue weighted by molar-refractivity contribution is 5.97. The van der Waals surface area contributed by atoms with Gasteiger partial charge in [0.1, 0.15) is 17.8 Å². The number of nitrogens with one attached hydrogen (secondary N) is 3. The second kappa shape index (κ2) is 5.88. The van der Waals surface area contributed by atoms with Crippen LogP contribution in [-0.2, 0) is 22.4 Å². The number of aromatic amines is 1. The van der Waals surface area contributed by atoms with E-state index in [0.717, 1.165) is 11.3 Å². The number of aromatic hydroxyl groups is 1. The van der Waals surface area contributed by atoms with Crippen molar-refractivity contribution in [1.29, 1.82) is 0 Å². The number of aromatic nitrogens is 2. The molecule has 1 saturated heterocycles. The van der Waals surface area contributed by atoms with Crippen LogP contribution in [0.5, 0.6) is 5.75 Å². The average molecular weight is 300 g/mol. The summed E-state index contributed by atoms with van der Waals surface area (Å²) in [5.41, 5.74) is 1.58. The molecular weight excluding hydrogens is 284 g/mol. The van der Waals surface area contributed by atoms with Crippen LogP contribution in [0.2, 0.25) is 0 Å². The molecule has 2 heterocycles. The molecule has 1 fully saturated rings. The van der Waals surface area contributed by atoms with Gasteiger partial charge in [0.2, 0.25) is 11.8 Å². The number of H-pyrrole nitrogens is 1. The van der Waals surface area contributed by atoms with Crippen LogP contribution < -0.4 is 10.6 Å². The van der Waals surface area contributed by atoms with Crippen molar-refractivity contribution in [3.63, 3.8) is 0 Å². The Bertz CT molecular complexity index is 667. The van der Waals surface area contributed by atoms with Gasteiger partial charge in [-0.2, -0.15) is 0 Å². The topological polar surface area (TPSA) is 107 Å². The molecule has 114 valence electrons. The fourth-order valence-corrected chi connectivity index (χ4v) is 2.44. The monoisotopic (exact) mass is 300 g/mol. The molecule has 2 amide bonds. The summed E-state index contributed by atoms with van der Waals surface area (Å²) in [4.78, 5) is 31.1. The number of benzene rings is 1. The van der Waals surface area contributed by atoms with Gasteiger partial charge in [-0.3, -0.25) is 9.59 Å². The van der Waals surface area contributed by atoms with Crippen LogP contribution in [0.25, 0.3) is 0 Å². The first kappa shape index (κ1) is 14.1. The van der Waals surface area contributed by atoms with Crippen molar-refractivity contribution in [3.05, 3.63) is 48.0 Å². The third-order valence-electron chi connectivity index (χ3n) is 3.61. The number of piperazine rings is 1. The fourth-order valence-electron chi connectivity index (χ4n) is 2.44. The Kier molecular flexibility index (Phi) is 3.78. The Hall–Kier alpha value is -2.83. The molecule has 7 nitrogen and oxygen atoms in total. The first-order valence-electron chi connectivity index (χ1n) is 6.98. The van der Waals surface area contributed by atoms with E-state index in [2.05, 4.69) is 20.6 Å². The largest absolute Gasteiger partial charge is 0.508 e. The Morgan fingerprint density at radius 2 is 1.64 bits per heavy atom. The number of hydrogen-bond acceptors (Lipinski definition) is 4. The summed E-state index contributed by atoms with van der Waals surface area (Å²) in [7, 11) is 0. The molecule has 1 aromatic heterocycles. The fraction of sp³-hybridized carbons (Fsp3) is 0.267. The summed E-state index contributed by atoms with van der Waals surface area (Å²) in [6.07, 6.45) is 3.97. The molecule has 22 heavy (non-hydrogen) atoms. The number of rotatable bonds is 4. The quantitative estimate of drug-likeness (QED) is 0.631. The van der Waals surface area contributed by atoms with Gasteiger partial charge in [0.25, 0.3) is 0 Å². The van der Waals surface area contributed by atoms with E-state index in [1.807, 2.05) is 0 Å². The molecule has 2 unspecified atom stereocenters. The second-order valence-electron chi connectivity index (χ2n) is 5.26. The molecular formula is C15H16N4O3. The van der Waals surface area contributed by atoms with Gasteiger partial charge in [0.15, 0.2) is 0 Å². The number of phenolic OH excluding ortho intramolecular Hbond substituents is 1. The highest BCUT2D eigenvalue weighted by Crippen LogP contribution is 2.13. The van der Waals surface area contributed by atoms with E-state index in [0.29, 0.717) is 12.8 Å². The zero-order valence-electron chi connectivity index (χ0n) is 11.7. The van der Waals surface area contributed by atoms with Gasteiger partial charge in [-0.1, -0.05) is 12.1 Å². The van der Waals surface area contributed by atoms with Gasteiger partial charge in [-0.05, 0) is 17.7 Å². The van der Waals surface area contributed by atoms with E-state index >= 15 is 0 Å². The Balaban J connectivity index is 1.63. The lowest BCUT2D eigenvalue weighted by Gasteiger charge is -2.29. The maximum Gasteiger partial charge on any atom is 0.243 e. The number of nitrogens with zero attached hydrogens (tertiary/aromatic N) is 1. The zero-order chi connectivity index (χ0) is 15.5. The maximum absolute atomic E-state index is 12.1. The van der Waals surface area contributed by atoms with Gasteiger partial charge in [0, 0.05) is 19.0 Å². The Morgan fingerprint density at radius 1 is 1.00 bits per heavy atom. The number of amides is 2. The minimum absolute atomic E-state index is 0.167. The number of hydrogen-bond donors (Lipinski definition) is 4. The molecule has 2 aromatic rings. The third-order valence-corrected chi connectivity index (χ3v) is 3.61. The Labute approximate surface area is 126 Å². The van der Waals surface area contributed by atoms with Gasteiger partial charge in [0.05, 0.1) is 12.0 Å². The molecule has 4 N–H and O–H groups in total. The maximum atomic E-state index is 12.1. The number of carbonyl (C=O) groups excluding carboxylic acids is 2. The van der Waals surface area contributed by atoms with E-state index < -0.39 is 12.1 Å². The molecule has 0 spiro atoms. The van der Waals surface area contributed by atoms with Crippen molar-refractivity contribution in [2.45, 2.75) is 24.9 Å².